The molecule has 8 heteroatoms. The van der Waals surface area contributed by atoms with E-state index in [-0.39, 0.29) is 44.1 Å². The van der Waals surface area contributed by atoms with Gasteiger partial charge in [0.1, 0.15) is 11.6 Å². The van der Waals surface area contributed by atoms with E-state index in [1.165, 1.54) is 200 Å². The topological polar surface area (TPSA) is 55.4 Å². The molecule has 4 aliphatic carbocycles. The highest BCUT2D eigenvalue weighted by Crippen LogP contribution is 2.65. The second-order valence-corrected chi connectivity index (χ2v) is 47.0. The van der Waals surface area contributed by atoms with Gasteiger partial charge in [0.05, 0.1) is 39.6 Å². The van der Waals surface area contributed by atoms with Crippen LogP contribution in [-0.2, 0) is 43.3 Å². The van der Waals surface area contributed by atoms with E-state index in [9.17, 15) is 8.78 Å². The molecule has 0 amide bonds. The standard InChI is InChI=1S/C38H52O2.C36H48O2.C33H42O2.C30H26F2/c1-10-13-20-37(8)33-21-28(6)14-17-31(33)32-18-15-29(7)22-34(32)38(37,9)30-16-19-35(39-24-26(4)11-2)36(23-30)40-25-27(5)12-3;1-10-11-18-35(8)31-19-26(6)12-15-29(31)30-16-13-27(7)20-32(30)36(35,9)28-14-17-33(37-22-24(2)3)34(21-28)38-23-25(4)5;1-21(2)19-34-30-15-12-25(18-31(30)35-20-22(3)4)33(9)29-17-24(6)11-14-27(29)26-13-10-23(5)16-28(26)32(33,7)8;1-19-5-15-25-26-16-6-20(2)18-28(26)30(4,22-9-13-24(32)14-10-22)29(3,27(25)17-19)21-7-11-23(31)12-8-21/h14-19,21-23,26-27H,10-13,20,24-25H2,1-9H3;12-17,19-21,24-25H,10-11,18,22-23H2,1-9H3;10-18,21-22H,19-20H2,1-9H3;5-18H,1-4H3. The molecule has 0 aromatic heterocycles. The predicted octanol–water partition coefficient (Wildman–Crippen LogP) is 36.9. The van der Waals surface area contributed by atoms with Crippen LogP contribution in [0.25, 0.3) is 44.5 Å². The number of hydrogen-bond acceptors (Lipinski definition) is 6. The lowest BCUT2D eigenvalue weighted by Gasteiger charge is -2.53. The number of unbranched alkanes of at least 4 members (excludes halogenated alkanes) is 2. The summed E-state index contributed by atoms with van der Waals surface area (Å²) < 4.78 is 66.1. The van der Waals surface area contributed by atoms with Crippen LogP contribution in [0.2, 0.25) is 0 Å². The van der Waals surface area contributed by atoms with Gasteiger partial charge in [0.2, 0.25) is 0 Å². The van der Waals surface area contributed by atoms with Gasteiger partial charge in [0, 0.05) is 43.3 Å². The lowest BCUT2D eigenvalue weighted by atomic mass is 9.49. The lowest BCUT2D eigenvalue weighted by molar-refractivity contribution is 0.216. The number of hydrogen-bond donors (Lipinski definition) is 0. The van der Waals surface area contributed by atoms with E-state index in [4.69, 9.17) is 28.4 Å². The molecule has 0 saturated carbocycles. The number of benzene rings is 13. The number of fused-ring (bicyclic) bond motifs is 12. The Labute approximate surface area is 872 Å². The maximum Gasteiger partial charge on any atom is 0.161 e. The average molecular weight is 1950 g/mol. The Morgan fingerprint density at radius 1 is 0.221 bits per heavy atom. The number of ether oxygens (including phenoxy) is 6. The van der Waals surface area contributed by atoms with Crippen LogP contribution in [0.4, 0.5) is 8.78 Å². The van der Waals surface area contributed by atoms with Gasteiger partial charge in [-0.15, -0.1) is 0 Å². The van der Waals surface area contributed by atoms with Crippen LogP contribution < -0.4 is 28.4 Å². The number of halogens is 2. The van der Waals surface area contributed by atoms with Gasteiger partial charge < -0.3 is 28.4 Å². The first kappa shape index (κ1) is 109. The molecule has 9 unspecified atom stereocenters. The van der Waals surface area contributed by atoms with Crippen LogP contribution in [0.5, 0.6) is 34.5 Å². The highest BCUT2D eigenvalue weighted by molar-refractivity contribution is 5.85. The van der Waals surface area contributed by atoms with Crippen LogP contribution >= 0.6 is 0 Å². The largest absolute Gasteiger partial charge is 0.489 e. The first-order valence-corrected chi connectivity index (χ1v) is 54.4. The number of aryl methyl sites for hydroxylation is 8. The molecule has 4 aliphatic rings. The van der Waals surface area contributed by atoms with Crippen molar-refractivity contribution < 1.29 is 37.2 Å². The molecule has 0 aliphatic heterocycles. The molecule has 0 spiro atoms. The third kappa shape index (κ3) is 21.3. The molecule has 6 nitrogen and oxygen atoms in total. The fourth-order valence-corrected chi connectivity index (χ4v) is 23.5. The monoisotopic (exact) mass is 1950 g/mol. The zero-order valence-corrected chi connectivity index (χ0v) is 93.7. The third-order valence-electron chi connectivity index (χ3n) is 33.8. The van der Waals surface area contributed by atoms with Crippen molar-refractivity contribution in [2.75, 3.05) is 39.6 Å². The fourth-order valence-electron chi connectivity index (χ4n) is 23.5. The van der Waals surface area contributed by atoms with E-state index in [0.717, 1.165) is 71.3 Å². The highest BCUT2D eigenvalue weighted by Gasteiger charge is 2.58. The molecular weight excluding hydrogens is 1780 g/mol. The Balaban J connectivity index is 0.000000153. The molecule has 9 atom stereocenters. The first-order chi connectivity index (χ1) is 68.8. The minimum absolute atomic E-state index is 0.0826. The maximum atomic E-state index is 13.9. The van der Waals surface area contributed by atoms with Crippen molar-refractivity contribution in [3.63, 3.8) is 0 Å². The van der Waals surface area contributed by atoms with Crippen LogP contribution in [0.1, 0.15) is 327 Å². The minimum Gasteiger partial charge on any atom is -0.489 e. The quantitative estimate of drug-likeness (QED) is 0.0432. The molecule has 766 valence electrons. The molecular formula is C137H168F2O6. The zero-order valence-electron chi connectivity index (χ0n) is 93.7. The van der Waals surface area contributed by atoms with Crippen molar-refractivity contribution in [1.82, 2.24) is 0 Å². The zero-order chi connectivity index (χ0) is 105. The predicted molar refractivity (Wildman–Crippen MR) is 608 cm³/mol. The summed E-state index contributed by atoms with van der Waals surface area (Å²) in [6, 6.07) is 89.2. The van der Waals surface area contributed by atoms with Crippen molar-refractivity contribution in [3.8, 4) is 79.0 Å². The molecule has 13 aromatic rings. The second-order valence-electron chi connectivity index (χ2n) is 47.0. The van der Waals surface area contributed by atoms with Crippen molar-refractivity contribution in [2.45, 2.75) is 309 Å². The van der Waals surface area contributed by atoms with E-state index in [0.29, 0.717) is 75.1 Å². The SMILES string of the molecule is CCCCC1(C)c2cc(C)ccc2-c2ccc(C)cc2C1(C)c1ccc(OCC(C)C)c(OCC(C)C)c1.CCCCC1(C)c2cc(C)ccc2-c2ccc(C)cc2C1(C)c1ccc(OCC(C)CC)c(OCC(C)CC)c1.Cc1ccc2c(c1)C(C)(C)C(C)(c1ccc(OCC(C)C)c(OCC(C)C)c1)c1cc(C)ccc1-2.Cc1ccc2c(c1)C(C)(c1ccc(F)cc1)C(C)(c1ccc(F)cc1)c1cc(C)ccc1-2. The van der Waals surface area contributed by atoms with Crippen LogP contribution in [-0.4, -0.2) is 39.6 Å². The average Bonchev–Trinajstić information content (AvgIpc) is 0.685. The molecule has 0 fully saturated rings. The van der Waals surface area contributed by atoms with E-state index in [1.54, 1.807) is 0 Å². The Bertz CT molecular complexity index is 6620. The van der Waals surface area contributed by atoms with Crippen molar-refractivity contribution in [2.24, 2.45) is 35.5 Å². The van der Waals surface area contributed by atoms with Gasteiger partial charge in [-0.2, -0.15) is 0 Å². The maximum absolute atomic E-state index is 13.9. The Morgan fingerprint density at radius 3 is 0.703 bits per heavy atom. The van der Waals surface area contributed by atoms with Crippen LogP contribution in [0, 0.1) is 103 Å². The van der Waals surface area contributed by atoms with E-state index < -0.39 is 10.8 Å². The summed E-state index contributed by atoms with van der Waals surface area (Å²) in [4.78, 5) is 0. The Kier molecular flexibility index (Phi) is 33.7. The minimum atomic E-state index is -0.513. The van der Waals surface area contributed by atoms with Gasteiger partial charge in [-0.1, -0.05) is 430 Å². The lowest BCUT2D eigenvalue weighted by Crippen LogP contribution is -2.49. The van der Waals surface area contributed by atoms with E-state index >= 15 is 0 Å². The van der Waals surface area contributed by atoms with Crippen molar-refractivity contribution in [3.05, 3.63) is 377 Å². The van der Waals surface area contributed by atoms with Crippen molar-refractivity contribution in [1.29, 1.82) is 0 Å². The molecule has 145 heavy (non-hydrogen) atoms. The molecule has 0 heterocycles. The van der Waals surface area contributed by atoms with Gasteiger partial charge in [-0.25, -0.2) is 8.78 Å². The summed E-state index contributed by atoms with van der Waals surface area (Å²) in [5.41, 5.74) is 35.6. The molecule has 13 aromatic carbocycles. The van der Waals surface area contributed by atoms with Crippen LogP contribution in [0.15, 0.2) is 249 Å². The molecule has 0 radical (unpaired) electrons. The van der Waals surface area contributed by atoms with Gasteiger partial charge in [0.25, 0.3) is 0 Å². The normalized spacial score (nSPS) is 20.4. The molecule has 0 N–H and O–H groups in total. The summed E-state index contributed by atoms with van der Waals surface area (Å²) in [7, 11) is 0. The van der Waals surface area contributed by atoms with Gasteiger partial charge >= 0.3 is 0 Å². The van der Waals surface area contributed by atoms with Crippen LogP contribution in [0.3, 0.4) is 0 Å². The summed E-state index contributed by atoms with van der Waals surface area (Å²) in [5.74, 6) is 7.41. The smallest absolute Gasteiger partial charge is 0.161 e. The van der Waals surface area contributed by atoms with Gasteiger partial charge in [-0.3, -0.25) is 0 Å². The molecule has 0 bridgehead atoms. The van der Waals surface area contributed by atoms with Crippen molar-refractivity contribution >= 4 is 0 Å². The summed E-state index contributed by atoms with van der Waals surface area (Å²) in [6.45, 7) is 74.3. The van der Waals surface area contributed by atoms with E-state index in [1.807, 2.05) is 24.3 Å². The number of rotatable bonds is 31. The second kappa shape index (κ2) is 44.7. The first-order valence-electron chi connectivity index (χ1n) is 54.4. The molecule has 0 saturated heterocycles. The fraction of sp³-hybridized carbons (Fsp3) is 0.431. The Morgan fingerprint density at radius 2 is 0.434 bits per heavy atom. The Hall–Kier alpha value is -11.5. The summed E-state index contributed by atoms with van der Waals surface area (Å²) >= 11 is 0. The third-order valence-corrected chi connectivity index (χ3v) is 33.8. The summed E-state index contributed by atoms with van der Waals surface area (Å²) in [5, 5.41) is 0. The molecule has 17 rings (SSSR count). The van der Waals surface area contributed by atoms with E-state index in [2.05, 4.69) is 415 Å². The van der Waals surface area contributed by atoms with Gasteiger partial charge in [0.15, 0.2) is 34.5 Å². The summed E-state index contributed by atoms with van der Waals surface area (Å²) in [6.07, 6.45) is 9.18. The van der Waals surface area contributed by atoms with Gasteiger partial charge in [-0.05, 0) is 281 Å². The highest BCUT2D eigenvalue weighted by atomic mass is 19.1.